The summed E-state index contributed by atoms with van der Waals surface area (Å²) in [5, 5.41) is 9.45. The molecule has 0 amide bonds. The van der Waals surface area contributed by atoms with Gasteiger partial charge in [-0.25, -0.2) is 0 Å². The van der Waals surface area contributed by atoms with E-state index in [-0.39, 0.29) is 25.2 Å². The molecule has 0 fully saturated rings. The van der Waals surface area contributed by atoms with Gasteiger partial charge in [-0.05, 0) is 38.5 Å². The summed E-state index contributed by atoms with van der Waals surface area (Å²) < 4.78 is 10.5. The highest BCUT2D eigenvalue weighted by Gasteiger charge is 2.16. The number of unbranched alkanes of at least 4 members (excludes halogenated alkanes) is 17. The molecule has 5 heteroatoms. The number of aliphatic hydroxyl groups is 1. The number of ether oxygens (including phenoxy) is 2. The zero-order valence-corrected chi connectivity index (χ0v) is 23.8. The highest BCUT2D eigenvalue weighted by Crippen LogP contribution is 2.12. The van der Waals surface area contributed by atoms with E-state index in [1.807, 2.05) is 0 Å². The van der Waals surface area contributed by atoms with Crippen LogP contribution in [0.5, 0.6) is 0 Å². The highest BCUT2D eigenvalue weighted by molar-refractivity contribution is 5.70. The average molecular weight is 511 g/mol. The van der Waals surface area contributed by atoms with Crippen LogP contribution >= 0.6 is 0 Å². The molecule has 1 N–H and O–H groups in total. The molecule has 0 aromatic carbocycles. The van der Waals surface area contributed by atoms with E-state index in [0.717, 1.165) is 44.9 Å². The Hall–Kier alpha value is -1.36. The van der Waals surface area contributed by atoms with Gasteiger partial charge in [-0.2, -0.15) is 0 Å². The lowest BCUT2D eigenvalue weighted by molar-refractivity contribution is -0.161. The molecule has 0 spiro atoms. The van der Waals surface area contributed by atoms with Crippen molar-refractivity contribution in [2.75, 3.05) is 13.2 Å². The Morgan fingerprint density at radius 3 is 1.56 bits per heavy atom. The molecule has 0 bridgehead atoms. The third kappa shape index (κ3) is 25.7. The maximum absolute atomic E-state index is 12.0. The molecule has 0 heterocycles. The first kappa shape index (κ1) is 34.6. The van der Waals surface area contributed by atoms with Gasteiger partial charge in [0.15, 0.2) is 6.10 Å². The van der Waals surface area contributed by atoms with E-state index in [2.05, 4.69) is 26.0 Å². The molecule has 0 radical (unpaired) electrons. The van der Waals surface area contributed by atoms with Crippen LogP contribution in [-0.2, 0) is 19.1 Å². The number of carbonyl (C=O) groups excluding carboxylic acids is 2. The molecule has 0 aliphatic heterocycles. The fourth-order valence-corrected chi connectivity index (χ4v) is 4.19. The molecule has 0 unspecified atom stereocenters. The molecule has 36 heavy (non-hydrogen) atoms. The minimum atomic E-state index is -0.764. The van der Waals surface area contributed by atoms with Gasteiger partial charge in [0, 0.05) is 12.8 Å². The zero-order valence-electron chi connectivity index (χ0n) is 23.8. The fourth-order valence-electron chi connectivity index (χ4n) is 4.19. The number of allylic oxidation sites excluding steroid dienone is 2. The van der Waals surface area contributed by atoms with Crippen molar-refractivity contribution in [2.45, 2.75) is 161 Å². The summed E-state index contributed by atoms with van der Waals surface area (Å²) in [7, 11) is 0. The molecule has 0 saturated carbocycles. The molecule has 212 valence electrons. The average Bonchev–Trinajstić information content (AvgIpc) is 2.88. The second kappa shape index (κ2) is 28.2. The van der Waals surface area contributed by atoms with Crippen molar-refractivity contribution >= 4 is 11.9 Å². The van der Waals surface area contributed by atoms with E-state index in [1.54, 1.807) is 0 Å². The van der Waals surface area contributed by atoms with E-state index in [4.69, 9.17) is 9.47 Å². The van der Waals surface area contributed by atoms with Gasteiger partial charge in [0.1, 0.15) is 6.61 Å². The number of carbonyl (C=O) groups is 2. The summed E-state index contributed by atoms with van der Waals surface area (Å²) in [6.45, 7) is 4.07. The van der Waals surface area contributed by atoms with E-state index >= 15 is 0 Å². The quantitative estimate of drug-likeness (QED) is 0.0680. The smallest absolute Gasteiger partial charge is 0.306 e. The van der Waals surface area contributed by atoms with E-state index in [0.29, 0.717) is 12.8 Å². The van der Waals surface area contributed by atoms with Crippen LogP contribution in [0, 0.1) is 0 Å². The van der Waals surface area contributed by atoms with Crippen LogP contribution in [0.15, 0.2) is 12.2 Å². The number of hydrogen-bond donors (Lipinski definition) is 1. The molecule has 1 atom stereocenters. The zero-order chi connectivity index (χ0) is 26.5. The third-order valence-corrected chi connectivity index (χ3v) is 6.56. The summed E-state index contributed by atoms with van der Waals surface area (Å²) in [6.07, 6.45) is 28.3. The Kier molecular flexibility index (Phi) is 27.1. The van der Waals surface area contributed by atoms with Crippen LogP contribution in [0.4, 0.5) is 0 Å². The molecule has 5 nitrogen and oxygen atoms in total. The number of aliphatic hydroxyl groups excluding tert-OH is 1. The Balaban J connectivity index is 3.60. The first-order chi connectivity index (χ1) is 17.6. The molecular formula is C31H58O5. The second-order valence-electron chi connectivity index (χ2n) is 10.2. The van der Waals surface area contributed by atoms with Crippen LogP contribution in [0.2, 0.25) is 0 Å². The lowest BCUT2D eigenvalue weighted by Crippen LogP contribution is -2.28. The van der Waals surface area contributed by atoms with Gasteiger partial charge in [0.25, 0.3) is 0 Å². The Labute approximate surface area is 222 Å². The van der Waals surface area contributed by atoms with Crippen LogP contribution in [0.1, 0.15) is 155 Å². The minimum Gasteiger partial charge on any atom is -0.462 e. The number of hydrogen-bond acceptors (Lipinski definition) is 5. The topological polar surface area (TPSA) is 72.8 Å². The lowest BCUT2D eigenvalue weighted by atomic mass is 10.1. The SMILES string of the molecule is CCCCC/C=C/CCCCCCCC(=O)OC[C@H](CO)OC(=O)CCCCCCCCCCCC. The second-order valence-corrected chi connectivity index (χ2v) is 10.2. The molecular weight excluding hydrogens is 452 g/mol. The minimum absolute atomic E-state index is 0.0658. The summed E-state index contributed by atoms with van der Waals surface area (Å²) in [6, 6.07) is 0. The lowest BCUT2D eigenvalue weighted by Gasteiger charge is -2.15. The third-order valence-electron chi connectivity index (χ3n) is 6.56. The van der Waals surface area contributed by atoms with Crippen molar-refractivity contribution < 1.29 is 24.2 Å². The molecule has 0 aliphatic carbocycles. The first-order valence-corrected chi connectivity index (χ1v) is 15.2. The van der Waals surface area contributed by atoms with Gasteiger partial charge in [0.05, 0.1) is 6.61 Å². The predicted molar refractivity (Wildman–Crippen MR) is 150 cm³/mol. The Morgan fingerprint density at radius 2 is 1.03 bits per heavy atom. The fraction of sp³-hybridized carbons (Fsp3) is 0.871. The monoisotopic (exact) mass is 510 g/mol. The van der Waals surface area contributed by atoms with Crippen molar-refractivity contribution in [3.05, 3.63) is 12.2 Å². The van der Waals surface area contributed by atoms with Gasteiger partial charge in [-0.1, -0.05) is 116 Å². The van der Waals surface area contributed by atoms with Gasteiger partial charge >= 0.3 is 11.9 Å². The van der Waals surface area contributed by atoms with Gasteiger partial charge < -0.3 is 14.6 Å². The maximum Gasteiger partial charge on any atom is 0.306 e. The van der Waals surface area contributed by atoms with Crippen molar-refractivity contribution in [3.63, 3.8) is 0 Å². The summed E-state index contributed by atoms with van der Waals surface area (Å²) >= 11 is 0. The van der Waals surface area contributed by atoms with Crippen molar-refractivity contribution in [1.82, 2.24) is 0 Å². The predicted octanol–water partition coefficient (Wildman–Crippen LogP) is 8.61. The molecule has 0 rings (SSSR count). The number of rotatable bonds is 27. The summed E-state index contributed by atoms with van der Waals surface area (Å²) in [5.41, 5.74) is 0. The Morgan fingerprint density at radius 1 is 0.611 bits per heavy atom. The van der Waals surface area contributed by atoms with Crippen molar-refractivity contribution in [1.29, 1.82) is 0 Å². The molecule has 0 saturated heterocycles. The first-order valence-electron chi connectivity index (χ1n) is 15.2. The molecule has 0 aromatic heterocycles. The van der Waals surface area contributed by atoms with Gasteiger partial charge in [-0.15, -0.1) is 0 Å². The maximum atomic E-state index is 12.0. The van der Waals surface area contributed by atoms with E-state index < -0.39 is 6.10 Å². The van der Waals surface area contributed by atoms with Crippen LogP contribution in [0.3, 0.4) is 0 Å². The summed E-state index contributed by atoms with van der Waals surface area (Å²) in [4.78, 5) is 24.0. The van der Waals surface area contributed by atoms with E-state index in [1.165, 1.54) is 83.5 Å². The van der Waals surface area contributed by atoms with Gasteiger partial charge in [0.2, 0.25) is 0 Å². The summed E-state index contributed by atoms with van der Waals surface area (Å²) in [5.74, 6) is -0.602. The normalized spacial score (nSPS) is 12.2. The highest BCUT2D eigenvalue weighted by atomic mass is 16.6. The van der Waals surface area contributed by atoms with Gasteiger partial charge in [-0.3, -0.25) is 9.59 Å². The van der Waals surface area contributed by atoms with Crippen LogP contribution in [0.25, 0.3) is 0 Å². The molecule has 0 aliphatic rings. The number of esters is 2. The van der Waals surface area contributed by atoms with E-state index in [9.17, 15) is 14.7 Å². The molecule has 0 aromatic rings. The van der Waals surface area contributed by atoms with Crippen LogP contribution in [-0.4, -0.2) is 36.4 Å². The Bertz CT molecular complexity index is 517. The largest absolute Gasteiger partial charge is 0.462 e. The van der Waals surface area contributed by atoms with Crippen molar-refractivity contribution in [3.8, 4) is 0 Å². The standard InChI is InChI=1S/C31H58O5/c1-3-5-7-9-11-13-15-16-18-19-21-23-25-30(33)35-28-29(27-32)36-31(34)26-24-22-20-17-14-12-10-8-6-4-2/h11,13,29,32H,3-10,12,14-28H2,1-2H3/b13-11+/t29-/m0/s1. The van der Waals surface area contributed by atoms with Crippen molar-refractivity contribution in [2.24, 2.45) is 0 Å². The van der Waals surface area contributed by atoms with Crippen LogP contribution < -0.4 is 0 Å².